The highest BCUT2D eigenvalue weighted by Crippen LogP contribution is 2.25. The number of nitrogens with one attached hydrogen (secondary N) is 1. The van der Waals surface area contributed by atoms with E-state index in [9.17, 15) is 5.11 Å². The number of para-hydroxylation sites is 1. The molecule has 1 aromatic carbocycles. The maximum absolute atomic E-state index is 10.1. The van der Waals surface area contributed by atoms with E-state index in [1.165, 1.54) is 5.56 Å². The average Bonchev–Trinajstić information content (AvgIpc) is 2.76. The van der Waals surface area contributed by atoms with E-state index < -0.39 is 0 Å². The van der Waals surface area contributed by atoms with Crippen LogP contribution in [0.15, 0.2) is 28.7 Å². The van der Waals surface area contributed by atoms with Gasteiger partial charge >= 0.3 is 0 Å². The Labute approximate surface area is 121 Å². The van der Waals surface area contributed by atoms with Crippen molar-refractivity contribution in [1.82, 2.24) is 5.32 Å². The van der Waals surface area contributed by atoms with Crippen LogP contribution in [0.3, 0.4) is 0 Å². The fourth-order valence-electron chi connectivity index (χ4n) is 2.79. The molecule has 0 aliphatic rings. The Balaban J connectivity index is 1.98. The zero-order chi connectivity index (χ0) is 14.5. The molecular weight excluding hydrogens is 250 g/mol. The van der Waals surface area contributed by atoms with Crippen LogP contribution in [-0.2, 0) is 6.54 Å². The van der Waals surface area contributed by atoms with Gasteiger partial charge in [0.1, 0.15) is 11.3 Å². The second kappa shape index (κ2) is 6.91. The van der Waals surface area contributed by atoms with Gasteiger partial charge in [0.25, 0.3) is 0 Å². The normalized spacial score (nSPS) is 13.2. The number of aryl methyl sites for hydroxylation is 1. The predicted octanol–water partition coefficient (Wildman–Crippen LogP) is 3.63. The lowest BCUT2D eigenvalue weighted by Crippen LogP contribution is -2.32. The lowest BCUT2D eigenvalue weighted by atomic mass is 9.96. The van der Waals surface area contributed by atoms with Crippen LogP contribution in [0, 0.1) is 12.8 Å². The fraction of sp³-hybridized carbons (Fsp3) is 0.529. The van der Waals surface area contributed by atoms with Gasteiger partial charge in [-0.25, -0.2) is 0 Å². The molecule has 1 unspecified atom stereocenters. The number of fused-ring (bicyclic) bond motifs is 1. The number of aliphatic hydroxyl groups excluding tert-OH is 1. The van der Waals surface area contributed by atoms with E-state index in [-0.39, 0.29) is 6.10 Å². The monoisotopic (exact) mass is 275 g/mol. The molecule has 110 valence electrons. The summed E-state index contributed by atoms with van der Waals surface area (Å²) >= 11 is 0. The Bertz CT molecular complexity index is 543. The van der Waals surface area contributed by atoms with Gasteiger partial charge in [-0.2, -0.15) is 0 Å². The Kier molecular flexibility index (Phi) is 5.21. The molecule has 0 amide bonds. The van der Waals surface area contributed by atoms with E-state index >= 15 is 0 Å². The van der Waals surface area contributed by atoms with E-state index in [1.54, 1.807) is 0 Å². The van der Waals surface area contributed by atoms with Crippen molar-refractivity contribution in [1.29, 1.82) is 0 Å². The van der Waals surface area contributed by atoms with E-state index in [0.717, 1.165) is 36.1 Å². The van der Waals surface area contributed by atoms with Crippen molar-refractivity contribution in [2.45, 2.75) is 46.3 Å². The summed E-state index contributed by atoms with van der Waals surface area (Å²) in [7, 11) is 0. The number of hydrogen-bond donors (Lipinski definition) is 2. The molecule has 0 aliphatic heterocycles. The van der Waals surface area contributed by atoms with Crippen LogP contribution in [0.25, 0.3) is 11.0 Å². The Hall–Kier alpha value is -1.32. The van der Waals surface area contributed by atoms with Gasteiger partial charge in [0, 0.05) is 24.0 Å². The van der Waals surface area contributed by atoms with Crippen molar-refractivity contribution >= 4 is 11.0 Å². The van der Waals surface area contributed by atoms with Crippen LogP contribution in [0.4, 0.5) is 0 Å². The van der Waals surface area contributed by atoms with Crippen LogP contribution in [-0.4, -0.2) is 17.8 Å². The third kappa shape index (κ3) is 3.22. The second-order valence-corrected chi connectivity index (χ2v) is 5.41. The molecular formula is C17H25NO2. The fourth-order valence-corrected chi connectivity index (χ4v) is 2.79. The van der Waals surface area contributed by atoms with Crippen molar-refractivity contribution in [2.75, 3.05) is 6.54 Å². The van der Waals surface area contributed by atoms with E-state index in [0.29, 0.717) is 12.5 Å². The molecule has 0 fully saturated rings. The number of benzene rings is 1. The minimum absolute atomic E-state index is 0.275. The largest absolute Gasteiger partial charge is 0.461 e. The molecule has 2 N–H and O–H groups in total. The van der Waals surface area contributed by atoms with Gasteiger partial charge < -0.3 is 14.8 Å². The van der Waals surface area contributed by atoms with Crippen LogP contribution < -0.4 is 5.32 Å². The number of rotatable bonds is 7. The summed E-state index contributed by atoms with van der Waals surface area (Å²) in [6.45, 7) is 7.62. The molecule has 0 spiro atoms. The van der Waals surface area contributed by atoms with Gasteiger partial charge in [-0.1, -0.05) is 44.9 Å². The second-order valence-electron chi connectivity index (χ2n) is 5.41. The molecule has 2 rings (SSSR count). The topological polar surface area (TPSA) is 45.4 Å². The maximum Gasteiger partial charge on any atom is 0.134 e. The highest BCUT2D eigenvalue weighted by Gasteiger charge is 2.16. The van der Waals surface area contributed by atoms with Gasteiger partial charge in [0.2, 0.25) is 0 Å². The Morgan fingerprint density at radius 2 is 1.90 bits per heavy atom. The molecule has 1 aromatic heterocycles. The standard InChI is InChI=1S/C17H25NO2/c1-4-13(5-2)16(19)11-18-10-15-12(3)20-17-9-7-6-8-14(15)17/h6-9,13,16,18-19H,4-5,10-11H2,1-3H3. The summed E-state index contributed by atoms with van der Waals surface area (Å²) in [5.74, 6) is 1.33. The van der Waals surface area contributed by atoms with Gasteiger partial charge in [0.05, 0.1) is 6.10 Å². The minimum atomic E-state index is -0.275. The highest BCUT2D eigenvalue weighted by molar-refractivity contribution is 5.82. The molecule has 3 heteroatoms. The van der Waals surface area contributed by atoms with Gasteiger partial charge in [0.15, 0.2) is 0 Å². The molecule has 20 heavy (non-hydrogen) atoms. The van der Waals surface area contributed by atoms with E-state index in [2.05, 4.69) is 25.2 Å². The summed E-state index contributed by atoms with van der Waals surface area (Å²) in [6, 6.07) is 8.09. The SMILES string of the molecule is CCC(CC)C(O)CNCc1c(C)oc2ccccc12. The number of furan rings is 1. The third-order valence-corrected chi connectivity index (χ3v) is 4.15. The third-order valence-electron chi connectivity index (χ3n) is 4.15. The summed E-state index contributed by atoms with van der Waals surface area (Å²) in [4.78, 5) is 0. The van der Waals surface area contributed by atoms with Crippen molar-refractivity contribution in [2.24, 2.45) is 5.92 Å². The van der Waals surface area contributed by atoms with Gasteiger partial charge in [-0.3, -0.25) is 0 Å². The van der Waals surface area contributed by atoms with Crippen molar-refractivity contribution < 1.29 is 9.52 Å². The van der Waals surface area contributed by atoms with Gasteiger partial charge in [-0.15, -0.1) is 0 Å². The smallest absolute Gasteiger partial charge is 0.134 e. The van der Waals surface area contributed by atoms with Gasteiger partial charge in [-0.05, 0) is 18.9 Å². The number of aliphatic hydroxyl groups is 1. The molecule has 3 nitrogen and oxygen atoms in total. The highest BCUT2D eigenvalue weighted by atomic mass is 16.3. The summed E-state index contributed by atoms with van der Waals surface area (Å²) < 4.78 is 5.74. The zero-order valence-electron chi connectivity index (χ0n) is 12.6. The van der Waals surface area contributed by atoms with E-state index in [1.807, 2.05) is 25.1 Å². The molecule has 2 aromatic rings. The molecule has 0 saturated heterocycles. The predicted molar refractivity (Wildman–Crippen MR) is 82.7 cm³/mol. The van der Waals surface area contributed by atoms with Crippen molar-refractivity contribution in [3.05, 3.63) is 35.6 Å². The lowest BCUT2D eigenvalue weighted by Gasteiger charge is -2.20. The van der Waals surface area contributed by atoms with E-state index in [4.69, 9.17) is 4.42 Å². The first-order chi connectivity index (χ1) is 9.67. The summed E-state index contributed by atoms with van der Waals surface area (Å²) in [5.41, 5.74) is 2.12. The molecule has 0 aliphatic carbocycles. The minimum Gasteiger partial charge on any atom is -0.461 e. The van der Waals surface area contributed by atoms with Crippen LogP contribution >= 0.6 is 0 Å². The zero-order valence-corrected chi connectivity index (χ0v) is 12.6. The first-order valence-corrected chi connectivity index (χ1v) is 7.53. The first-order valence-electron chi connectivity index (χ1n) is 7.53. The molecule has 1 heterocycles. The Morgan fingerprint density at radius 1 is 1.20 bits per heavy atom. The molecule has 0 radical (unpaired) electrons. The molecule has 0 saturated carbocycles. The lowest BCUT2D eigenvalue weighted by molar-refractivity contribution is 0.101. The maximum atomic E-state index is 10.1. The van der Waals surface area contributed by atoms with Crippen molar-refractivity contribution in [3.8, 4) is 0 Å². The first kappa shape index (κ1) is 15.1. The summed E-state index contributed by atoms with van der Waals surface area (Å²) in [5, 5.41) is 14.7. The average molecular weight is 275 g/mol. The van der Waals surface area contributed by atoms with Crippen LogP contribution in [0.2, 0.25) is 0 Å². The molecule has 1 atom stereocenters. The van der Waals surface area contributed by atoms with Crippen LogP contribution in [0.5, 0.6) is 0 Å². The van der Waals surface area contributed by atoms with Crippen LogP contribution in [0.1, 0.15) is 38.0 Å². The Morgan fingerprint density at radius 3 is 2.60 bits per heavy atom. The van der Waals surface area contributed by atoms with Crippen molar-refractivity contribution in [3.63, 3.8) is 0 Å². The molecule has 0 bridgehead atoms. The number of hydrogen-bond acceptors (Lipinski definition) is 3. The quantitative estimate of drug-likeness (QED) is 0.811. The summed E-state index contributed by atoms with van der Waals surface area (Å²) in [6.07, 6.45) is 1.77.